The molecule has 3 aromatic carbocycles. The molecule has 15 atom stereocenters. The molecule has 0 spiro atoms. The summed E-state index contributed by atoms with van der Waals surface area (Å²) in [5.41, 5.74) is 13.4. The molecule has 3 aliphatic rings. The number of nitrogens with two attached hydrogens (primary N) is 2. The normalized spacial score (nSPS) is 24.5. The van der Waals surface area contributed by atoms with Crippen LogP contribution in [0.3, 0.4) is 0 Å². The van der Waals surface area contributed by atoms with Crippen molar-refractivity contribution in [3.05, 3.63) is 120 Å². The molecule has 45 heteroatoms. The number of aromatic hydroxyl groups is 1. The molecular weight excluding hydrogens is 1810 g/mol. The van der Waals surface area contributed by atoms with Crippen molar-refractivity contribution in [3.63, 3.8) is 0 Å². The number of hydrogen-bond donors (Lipinski definition) is 18. The van der Waals surface area contributed by atoms with Crippen LogP contribution < -0.4 is 59.3 Å². The molecule has 6 aromatic rings. The van der Waals surface area contributed by atoms with Gasteiger partial charge in [0.2, 0.25) is 94.5 Å². The number of phenolic OH excluding ortho intramolecular Hbond substituents is 1. The number of carbonyl (C=O) groups excluding carboxylic acids is 17. The summed E-state index contributed by atoms with van der Waals surface area (Å²) >= 11 is 0.760. The van der Waals surface area contributed by atoms with Crippen LogP contribution in [0.5, 0.6) is 5.75 Å². The van der Waals surface area contributed by atoms with E-state index >= 15 is 38.4 Å². The number of Topliss-reactive ketones (excluding diaryl/α,β-unsaturated/α-hetero) is 1. The van der Waals surface area contributed by atoms with E-state index in [-0.39, 0.29) is 75.3 Å². The van der Waals surface area contributed by atoms with E-state index < -0.39 is 285 Å². The zero-order valence-electron chi connectivity index (χ0n) is 78.3. The summed E-state index contributed by atoms with van der Waals surface area (Å²) in [4.78, 5) is 291. The number of H-pyrrole nitrogens is 2. The first-order valence-electron chi connectivity index (χ1n) is 46.0. The third-order valence-electron chi connectivity index (χ3n) is 24.8. The van der Waals surface area contributed by atoms with Crippen LogP contribution in [-0.2, 0) is 123 Å². The molecule has 3 aromatic heterocycles. The van der Waals surface area contributed by atoms with Crippen LogP contribution in [0.15, 0.2) is 97.7 Å². The Balaban J connectivity index is 1.12. The number of para-hydroxylation sites is 2. The topological polar surface area (TPSA) is 651 Å². The third kappa shape index (κ3) is 29.6. The number of fused-ring (bicyclic) bond motifs is 4. The number of phenols is 1. The van der Waals surface area contributed by atoms with Gasteiger partial charge in [-0.25, -0.2) is 4.98 Å². The summed E-state index contributed by atoms with van der Waals surface area (Å²) in [7, 11) is 3.80. The third-order valence-corrected chi connectivity index (χ3v) is 25.8. The first kappa shape index (κ1) is 108. The number of nitrogens with zero attached hydrogens (tertiary/aromatic N) is 7. The summed E-state index contributed by atoms with van der Waals surface area (Å²) in [6.45, 7) is 5.12. The molecular formula is C93H126N20O24S. The number of aliphatic carboxylic acids is 2. The fourth-order valence-corrected chi connectivity index (χ4v) is 18.1. The summed E-state index contributed by atoms with van der Waals surface area (Å²) in [6, 6.07) is -2.26. The maximum Gasteiger partial charge on any atom is 0.323 e. The van der Waals surface area contributed by atoms with Gasteiger partial charge in [0.25, 0.3) is 0 Å². The molecule has 44 nitrogen and oxygen atoms in total. The van der Waals surface area contributed by atoms with Gasteiger partial charge in [0.15, 0.2) is 5.78 Å². The lowest BCUT2D eigenvalue weighted by Crippen LogP contribution is -2.61. The van der Waals surface area contributed by atoms with Gasteiger partial charge in [0, 0.05) is 125 Å². The van der Waals surface area contributed by atoms with Gasteiger partial charge in [-0.05, 0) is 98.7 Å². The largest absolute Gasteiger partial charge is 0.508 e. The first-order valence-corrected chi connectivity index (χ1v) is 47.1. The van der Waals surface area contributed by atoms with Gasteiger partial charge in [0.1, 0.15) is 84.8 Å². The number of aromatic nitrogens is 4. The summed E-state index contributed by atoms with van der Waals surface area (Å²) in [6.07, 6.45) is 0.734. The van der Waals surface area contributed by atoms with Gasteiger partial charge in [-0.1, -0.05) is 102 Å². The van der Waals surface area contributed by atoms with Crippen molar-refractivity contribution in [3.8, 4) is 5.75 Å². The maximum absolute atomic E-state index is 15.9. The molecule has 0 bridgehead atoms. The fourth-order valence-electron chi connectivity index (χ4n) is 17.3. The Morgan fingerprint density at radius 1 is 0.587 bits per heavy atom. The van der Waals surface area contributed by atoms with E-state index in [9.17, 15) is 78.3 Å². The van der Waals surface area contributed by atoms with Crippen LogP contribution in [0.4, 0.5) is 0 Å². The summed E-state index contributed by atoms with van der Waals surface area (Å²) in [5, 5.41) is 77.7. The lowest BCUT2D eigenvalue weighted by atomic mass is 9.90. The molecule has 0 saturated carbocycles. The molecule has 138 heavy (non-hydrogen) atoms. The van der Waals surface area contributed by atoms with Gasteiger partial charge >= 0.3 is 11.9 Å². The number of carbonyl (C=O) groups is 19. The predicted octanol–water partition coefficient (Wildman–Crippen LogP) is -1.68. The molecule has 3 aliphatic heterocycles. The molecule has 6 heterocycles. The number of likely N-dealkylation sites (N-methyl/N-ethyl adjacent to an activating group) is 3. The molecule has 16 amide bonds. The van der Waals surface area contributed by atoms with Gasteiger partial charge in [0.05, 0.1) is 49.5 Å². The number of carboxylic acid groups (broad SMARTS) is 2. The average Bonchev–Trinajstić information content (AvgIpc) is 1.63. The van der Waals surface area contributed by atoms with E-state index in [4.69, 9.17) is 11.5 Å². The Labute approximate surface area is 799 Å². The molecule has 0 radical (unpaired) electrons. The highest BCUT2D eigenvalue weighted by Crippen LogP contribution is 2.31. The van der Waals surface area contributed by atoms with Crippen LogP contribution in [0.1, 0.15) is 147 Å². The number of aliphatic hydroxyl groups excluding tert-OH is 2. The quantitative estimate of drug-likeness (QED) is 0.0274. The number of thioether (sulfide) groups is 1. The lowest BCUT2D eigenvalue weighted by Gasteiger charge is -2.36. The molecule has 0 aliphatic carbocycles. The minimum Gasteiger partial charge on any atom is -0.508 e. The maximum atomic E-state index is 15.9. The number of rotatable bonds is 27. The van der Waals surface area contributed by atoms with Crippen LogP contribution in [0.2, 0.25) is 0 Å². The second-order valence-corrected chi connectivity index (χ2v) is 36.6. The van der Waals surface area contributed by atoms with E-state index in [2.05, 4.69) is 62.8 Å². The van der Waals surface area contributed by atoms with Crippen LogP contribution in [0, 0.1) is 11.8 Å². The minimum absolute atomic E-state index is 0.0247. The molecule has 0 unspecified atom stereocenters. The number of nitrogens with one attached hydrogen (secondary N) is 11. The predicted molar refractivity (Wildman–Crippen MR) is 500 cm³/mol. The number of benzene rings is 3. The van der Waals surface area contributed by atoms with Gasteiger partial charge < -0.3 is 124 Å². The number of unbranched alkanes of at least 4 members (excludes halogenated alkanes) is 2. The van der Waals surface area contributed by atoms with Crippen molar-refractivity contribution in [2.75, 3.05) is 58.9 Å². The number of primary amides is 2. The highest BCUT2D eigenvalue weighted by Gasteiger charge is 2.47. The average molecular weight is 1940 g/mol. The highest BCUT2D eigenvalue weighted by molar-refractivity contribution is 8.00. The zero-order chi connectivity index (χ0) is 101. The fraction of sp³-hybridized carbons (Fsp3) is 0.527. The number of carboxylic acids is 2. The first-order chi connectivity index (χ1) is 65.6. The summed E-state index contributed by atoms with van der Waals surface area (Å²) < 4.78 is 1.40. The van der Waals surface area contributed by atoms with Crippen molar-refractivity contribution < 1.29 is 117 Å². The van der Waals surface area contributed by atoms with Crippen LogP contribution in [0.25, 0.3) is 21.8 Å². The van der Waals surface area contributed by atoms with Crippen LogP contribution >= 0.6 is 11.8 Å². The van der Waals surface area contributed by atoms with Crippen molar-refractivity contribution in [2.24, 2.45) is 23.3 Å². The molecule has 9 rings (SSSR count). The minimum atomic E-state index is -1.96. The Hall–Kier alpha value is -13.9. The van der Waals surface area contributed by atoms with E-state index in [1.807, 2.05) is 13.8 Å². The lowest BCUT2D eigenvalue weighted by molar-refractivity contribution is -0.149. The highest BCUT2D eigenvalue weighted by atomic mass is 32.2. The van der Waals surface area contributed by atoms with Crippen molar-refractivity contribution in [1.82, 2.24) is 91.9 Å². The van der Waals surface area contributed by atoms with Crippen molar-refractivity contribution in [2.45, 2.75) is 241 Å². The van der Waals surface area contributed by atoms with E-state index in [1.54, 1.807) is 68.6 Å². The standard InChI is InChI=1S/C93H126N20O24S/c1-9-11-21-71-87(131)102-63(32-50(3)4)84(128)107-69(83(127)98-42-77(95)119)47-138-48-78(120)100-65(33-52-25-27-57(115)28-26-52)89(133)108(6)51(5)81(125)104-67(39-79(121)122)92(136)112-31-17-24-72(112)88(132)103-64(37-56-41-96-49-99-56)85(129)101-62(29-30-76(94)118)91(135)113-44-58(116)38-74(113)75(117)36-53(34-54-40-97-61-20-15-13-18-59(54)61)82(126)106-68(46-114)86(130)105-66(90(134)110(8)73(22-12-10-2)93(137)109(71)7)35-55-43-111(45-80(123)124)70-23-16-14-19-60(55)70/h13-16,18-20,23,25-28,40-41,43,49-51,53,58,62-69,71-74,97,114-116H,9-12,17,21-22,24,29-39,42,44-48H2,1-8H3,(H2,94,118)(H2,95,119)(H,96,99)(H,98,127)(H,100,120)(H,101,129)(H,102,131)(H,103,132)(H,104,125)(H,105,130)(H,106,126)(H,107,128)(H,121,122)(H,123,124)/t51-,53+,58+,62-,63-,64-,65-,66-,67-,68-,69-,71-,72-,73-,74-/m0/s1. The Kier molecular flexibility index (Phi) is 39.7. The number of imidazole rings is 1. The molecule has 748 valence electrons. The monoisotopic (exact) mass is 1940 g/mol. The second-order valence-electron chi connectivity index (χ2n) is 35.6. The second kappa shape index (κ2) is 50.8. The van der Waals surface area contributed by atoms with Crippen molar-refractivity contribution >= 4 is 146 Å². The number of ketones is 1. The van der Waals surface area contributed by atoms with Gasteiger partial charge in [-0.15, -0.1) is 11.8 Å². The smallest absolute Gasteiger partial charge is 0.323 e. The Morgan fingerprint density at radius 2 is 1.20 bits per heavy atom. The van der Waals surface area contributed by atoms with Gasteiger partial charge in [-0.2, -0.15) is 0 Å². The number of aliphatic hydroxyl groups is 2. The number of hydrogen-bond acceptors (Lipinski definition) is 24. The van der Waals surface area contributed by atoms with Gasteiger partial charge in [-0.3, -0.25) is 91.1 Å². The van der Waals surface area contributed by atoms with E-state index in [0.717, 1.165) is 36.3 Å². The SMILES string of the molecule is CCCC[C@H]1C(=O)N(C)[C@@H](CCCC)C(=O)N[C@@H](CC(C)C)C(=O)N[C@H](C(=O)NCC(N)=O)CSCC(=O)N[C@@H](Cc2ccc(O)cc2)C(=O)N(C)[C@@H](C)C(=O)N[C@@H](CC(=O)O)C(=O)N2CCC[C@H]2C(=O)N[C@@H](Cc2c[nH]cn2)C(=O)N[C@@H](CCC(N)=O)C(=O)N2C[C@H](O)C[C@H]2C(=O)C[C@@H](Cc2c[nH]c3ccccc23)C(=O)N[C@@H](CO)C(=O)N[C@@H](Cc2cn(CC(=O)O)c3ccccc23)C(=O)N1C. The number of amides is 16. The molecule has 20 N–H and O–H groups in total. The molecule has 3 fully saturated rings. The van der Waals surface area contributed by atoms with Crippen molar-refractivity contribution in [1.29, 1.82) is 0 Å². The zero-order valence-corrected chi connectivity index (χ0v) is 79.2. The Morgan fingerprint density at radius 3 is 1.85 bits per heavy atom. The van der Waals surface area contributed by atoms with E-state index in [0.29, 0.717) is 57.8 Å². The molecule has 3 saturated heterocycles. The Bertz CT molecular complexity index is 5400. The summed E-state index contributed by atoms with van der Waals surface area (Å²) in [5.74, 6) is -22.5. The van der Waals surface area contributed by atoms with Crippen LogP contribution in [-0.4, -0.2) is 325 Å². The van der Waals surface area contributed by atoms with E-state index in [1.165, 1.54) is 75.6 Å². The number of aromatic amines is 2.